The first-order valence-corrected chi connectivity index (χ1v) is 8.61. The molecule has 2 aromatic rings. The number of carbonyl (C=O) groups is 2. The zero-order chi connectivity index (χ0) is 17.8. The van der Waals surface area contributed by atoms with Gasteiger partial charge in [0, 0.05) is 16.5 Å². The van der Waals surface area contributed by atoms with Crippen LogP contribution in [0, 0.1) is 0 Å². The first kappa shape index (κ1) is 17.6. The standard InChI is InChI=1S/C18H17ClN2O3S/c19-13-6-7-16(25)15(8-13)17(22)20-9-14-11-21(18(23)24-14)10-12-4-2-1-3-5-12/h1-8,14,25H,9-11H2,(H,20,22)/t14-/m1/s1. The van der Waals surface area contributed by atoms with Gasteiger partial charge in [-0.2, -0.15) is 0 Å². The molecule has 2 amide bonds. The molecule has 1 atom stereocenters. The Bertz CT molecular complexity index is 785. The van der Waals surface area contributed by atoms with E-state index in [9.17, 15) is 9.59 Å². The summed E-state index contributed by atoms with van der Waals surface area (Å²) >= 11 is 10.2. The predicted octanol–water partition coefficient (Wildman–Crippen LogP) is 3.38. The van der Waals surface area contributed by atoms with Crippen molar-refractivity contribution in [2.45, 2.75) is 17.5 Å². The van der Waals surface area contributed by atoms with Crippen molar-refractivity contribution in [2.75, 3.05) is 13.1 Å². The van der Waals surface area contributed by atoms with Crippen LogP contribution in [-0.4, -0.2) is 36.1 Å². The smallest absolute Gasteiger partial charge is 0.410 e. The minimum Gasteiger partial charge on any atom is -0.442 e. The highest BCUT2D eigenvalue weighted by atomic mass is 35.5. The van der Waals surface area contributed by atoms with E-state index in [4.69, 9.17) is 16.3 Å². The molecular weight excluding hydrogens is 360 g/mol. The summed E-state index contributed by atoms with van der Waals surface area (Å²) in [6, 6.07) is 14.6. The van der Waals surface area contributed by atoms with E-state index in [1.165, 1.54) is 0 Å². The van der Waals surface area contributed by atoms with Gasteiger partial charge in [-0.3, -0.25) is 4.79 Å². The van der Waals surface area contributed by atoms with Gasteiger partial charge in [-0.25, -0.2) is 4.79 Å². The fourth-order valence-electron chi connectivity index (χ4n) is 2.61. The lowest BCUT2D eigenvalue weighted by Gasteiger charge is -2.13. The lowest BCUT2D eigenvalue weighted by atomic mass is 10.2. The quantitative estimate of drug-likeness (QED) is 0.786. The molecule has 0 unspecified atom stereocenters. The number of cyclic esters (lactones) is 1. The van der Waals surface area contributed by atoms with E-state index >= 15 is 0 Å². The Hall–Kier alpha value is -2.18. The molecule has 1 aliphatic rings. The van der Waals surface area contributed by atoms with Gasteiger partial charge in [0.25, 0.3) is 5.91 Å². The number of nitrogens with one attached hydrogen (secondary N) is 1. The summed E-state index contributed by atoms with van der Waals surface area (Å²) in [5.74, 6) is -0.301. The Morgan fingerprint density at radius 3 is 2.80 bits per heavy atom. The zero-order valence-electron chi connectivity index (χ0n) is 13.3. The second-order valence-corrected chi connectivity index (χ2v) is 6.66. The first-order valence-electron chi connectivity index (χ1n) is 7.79. The molecule has 3 rings (SSSR count). The Kier molecular flexibility index (Phi) is 5.50. The van der Waals surface area contributed by atoms with Crippen molar-refractivity contribution < 1.29 is 14.3 Å². The first-order chi connectivity index (χ1) is 12.0. The van der Waals surface area contributed by atoms with Crippen LogP contribution in [0.3, 0.4) is 0 Å². The fourth-order valence-corrected chi connectivity index (χ4v) is 3.02. The number of benzene rings is 2. The van der Waals surface area contributed by atoms with E-state index < -0.39 is 0 Å². The number of thiol groups is 1. The van der Waals surface area contributed by atoms with Gasteiger partial charge in [0.15, 0.2) is 0 Å². The molecule has 1 N–H and O–H groups in total. The van der Waals surface area contributed by atoms with Gasteiger partial charge in [-0.15, -0.1) is 12.6 Å². The third-order valence-corrected chi connectivity index (χ3v) is 4.48. The maximum Gasteiger partial charge on any atom is 0.410 e. The Morgan fingerprint density at radius 1 is 1.28 bits per heavy atom. The predicted molar refractivity (Wildman–Crippen MR) is 98.2 cm³/mol. The topological polar surface area (TPSA) is 58.6 Å². The van der Waals surface area contributed by atoms with E-state index in [-0.39, 0.29) is 24.6 Å². The number of halogens is 1. The van der Waals surface area contributed by atoms with Crippen LogP contribution in [0.1, 0.15) is 15.9 Å². The Morgan fingerprint density at radius 2 is 2.04 bits per heavy atom. The normalized spacial score (nSPS) is 16.6. The minimum atomic E-state index is -0.386. The summed E-state index contributed by atoms with van der Waals surface area (Å²) in [5, 5.41) is 3.23. The molecule has 1 fully saturated rings. The number of carbonyl (C=O) groups excluding carboxylic acids is 2. The van der Waals surface area contributed by atoms with Gasteiger partial charge in [0.1, 0.15) is 6.10 Å². The molecule has 0 radical (unpaired) electrons. The van der Waals surface area contributed by atoms with Crippen molar-refractivity contribution in [3.05, 3.63) is 64.7 Å². The van der Waals surface area contributed by atoms with E-state index in [0.29, 0.717) is 28.6 Å². The molecule has 5 nitrogen and oxygen atoms in total. The number of amides is 2. The summed E-state index contributed by atoms with van der Waals surface area (Å²) in [7, 11) is 0. The highest BCUT2D eigenvalue weighted by Crippen LogP contribution is 2.19. The molecule has 0 aromatic heterocycles. The summed E-state index contributed by atoms with van der Waals surface area (Å²) in [5.41, 5.74) is 1.42. The zero-order valence-corrected chi connectivity index (χ0v) is 15.0. The van der Waals surface area contributed by atoms with Crippen molar-refractivity contribution in [1.29, 1.82) is 0 Å². The molecule has 0 aliphatic carbocycles. The SMILES string of the molecule is O=C(NC[C@@H]1CN(Cc2ccccc2)C(=O)O1)c1cc(Cl)ccc1S. The largest absolute Gasteiger partial charge is 0.442 e. The van der Waals surface area contributed by atoms with Crippen LogP contribution < -0.4 is 5.32 Å². The van der Waals surface area contributed by atoms with Crippen LogP contribution in [0.25, 0.3) is 0 Å². The van der Waals surface area contributed by atoms with Crippen LogP contribution in [-0.2, 0) is 11.3 Å². The molecule has 1 saturated heterocycles. The summed E-state index contributed by atoms with van der Waals surface area (Å²) < 4.78 is 5.31. The van der Waals surface area contributed by atoms with Gasteiger partial charge < -0.3 is 15.0 Å². The number of rotatable bonds is 5. The number of nitrogens with zero attached hydrogens (tertiary/aromatic N) is 1. The van der Waals surface area contributed by atoms with Crippen molar-refractivity contribution in [2.24, 2.45) is 0 Å². The van der Waals surface area contributed by atoms with Crippen molar-refractivity contribution in [1.82, 2.24) is 10.2 Å². The number of hydrogen-bond donors (Lipinski definition) is 2. The molecule has 7 heteroatoms. The molecule has 2 aromatic carbocycles. The van der Waals surface area contributed by atoms with Crippen molar-refractivity contribution in [3.8, 4) is 0 Å². The third-order valence-electron chi connectivity index (χ3n) is 3.86. The average molecular weight is 377 g/mol. The maximum atomic E-state index is 12.3. The van der Waals surface area contributed by atoms with E-state index in [1.54, 1.807) is 23.1 Å². The Balaban J connectivity index is 1.55. The highest BCUT2D eigenvalue weighted by molar-refractivity contribution is 7.80. The molecule has 130 valence electrons. The lowest BCUT2D eigenvalue weighted by molar-refractivity contribution is 0.0912. The maximum absolute atomic E-state index is 12.3. The molecular formula is C18H17ClN2O3S. The van der Waals surface area contributed by atoms with Crippen molar-refractivity contribution >= 4 is 36.2 Å². The van der Waals surface area contributed by atoms with Crippen LogP contribution in [0.4, 0.5) is 4.79 Å². The molecule has 0 spiro atoms. The molecule has 25 heavy (non-hydrogen) atoms. The second kappa shape index (κ2) is 7.80. The summed E-state index contributed by atoms with van der Waals surface area (Å²) in [6.07, 6.45) is -0.761. The van der Waals surface area contributed by atoms with Gasteiger partial charge in [-0.1, -0.05) is 41.9 Å². The summed E-state index contributed by atoms with van der Waals surface area (Å²) in [4.78, 5) is 26.4. The van der Waals surface area contributed by atoms with Gasteiger partial charge in [0.2, 0.25) is 0 Å². The van der Waals surface area contributed by atoms with E-state index in [1.807, 2.05) is 30.3 Å². The molecule has 1 aliphatic heterocycles. The van der Waals surface area contributed by atoms with E-state index in [2.05, 4.69) is 17.9 Å². The summed E-state index contributed by atoms with van der Waals surface area (Å²) in [6.45, 7) is 1.14. The molecule has 0 bridgehead atoms. The minimum absolute atomic E-state index is 0.232. The average Bonchev–Trinajstić information content (AvgIpc) is 2.95. The lowest BCUT2D eigenvalue weighted by Crippen LogP contribution is -2.34. The number of ether oxygens (including phenoxy) is 1. The molecule has 1 heterocycles. The molecule has 0 saturated carbocycles. The third kappa shape index (κ3) is 4.46. The van der Waals surface area contributed by atoms with Gasteiger partial charge in [0.05, 0.1) is 18.7 Å². The van der Waals surface area contributed by atoms with Crippen LogP contribution in [0.15, 0.2) is 53.4 Å². The van der Waals surface area contributed by atoms with Gasteiger partial charge in [-0.05, 0) is 23.8 Å². The van der Waals surface area contributed by atoms with Crippen LogP contribution in [0.2, 0.25) is 5.02 Å². The van der Waals surface area contributed by atoms with Gasteiger partial charge >= 0.3 is 6.09 Å². The second-order valence-electron chi connectivity index (χ2n) is 5.74. The Labute approximate surface area is 156 Å². The van der Waals surface area contributed by atoms with E-state index in [0.717, 1.165) is 5.56 Å². The monoisotopic (exact) mass is 376 g/mol. The fraction of sp³-hybridized carbons (Fsp3) is 0.222. The highest BCUT2D eigenvalue weighted by Gasteiger charge is 2.31. The number of hydrogen-bond acceptors (Lipinski definition) is 4. The van der Waals surface area contributed by atoms with Crippen molar-refractivity contribution in [3.63, 3.8) is 0 Å². The van der Waals surface area contributed by atoms with Crippen LogP contribution in [0.5, 0.6) is 0 Å². The van der Waals surface area contributed by atoms with Crippen LogP contribution >= 0.6 is 24.2 Å².